The lowest BCUT2D eigenvalue weighted by molar-refractivity contribution is -0.139. The van der Waals surface area contributed by atoms with Crippen molar-refractivity contribution in [2.45, 2.75) is 58.8 Å². The molecule has 174 valence electrons. The maximum atomic E-state index is 11.9. The van der Waals surface area contributed by atoms with Crippen molar-refractivity contribution in [3.05, 3.63) is 70.9 Å². The summed E-state index contributed by atoms with van der Waals surface area (Å²) < 4.78 is 13.9. The highest BCUT2D eigenvalue weighted by atomic mass is 35.5. The summed E-state index contributed by atoms with van der Waals surface area (Å²) in [7, 11) is 0. The number of nitrogens with zero attached hydrogens (tertiary/aromatic N) is 2. The van der Waals surface area contributed by atoms with Gasteiger partial charge in [0, 0.05) is 10.6 Å². The van der Waals surface area contributed by atoms with Crippen molar-refractivity contribution in [2.75, 3.05) is 6.61 Å². The zero-order chi connectivity index (χ0) is 23.4. The number of hydrogen-bond donors (Lipinski definition) is 0. The highest BCUT2D eigenvalue weighted by molar-refractivity contribution is 6.31. The number of carbonyl (C=O) groups is 1. The summed E-state index contributed by atoms with van der Waals surface area (Å²) in [5, 5.41) is 5.49. The molecule has 1 saturated carbocycles. The highest BCUT2D eigenvalue weighted by Crippen LogP contribution is 2.30. The Bertz CT molecular complexity index is 1120. The van der Waals surface area contributed by atoms with Crippen molar-refractivity contribution in [1.82, 2.24) is 9.78 Å². The Labute approximate surface area is 200 Å². The maximum absolute atomic E-state index is 11.9. The van der Waals surface area contributed by atoms with Crippen LogP contribution in [0.1, 0.15) is 51.3 Å². The van der Waals surface area contributed by atoms with Gasteiger partial charge in [0.05, 0.1) is 31.1 Å². The summed E-state index contributed by atoms with van der Waals surface area (Å²) in [6.07, 6.45) is 3.81. The van der Waals surface area contributed by atoms with Crippen molar-refractivity contribution in [1.29, 1.82) is 0 Å². The van der Waals surface area contributed by atoms with Crippen molar-refractivity contribution in [3.8, 4) is 17.0 Å². The number of ether oxygens (including phenoxy) is 2. The van der Waals surface area contributed by atoms with E-state index in [0.29, 0.717) is 17.5 Å². The summed E-state index contributed by atoms with van der Waals surface area (Å²) >= 11 is 6.43. The quantitative estimate of drug-likeness (QED) is 0.351. The average Bonchev–Trinajstić information content (AvgIpc) is 3.16. The van der Waals surface area contributed by atoms with E-state index in [1.165, 1.54) is 26.2 Å². The van der Waals surface area contributed by atoms with E-state index in [2.05, 4.69) is 12.1 Å². The molecule has 0 radical (unpaired) electrons. The number of ketones is 1. The second kappa shape index (κ2) is 10.1. The lowest BCUT2D eigenvalue weighted by atomic mass is 9.86. The molecule has 0 bridgehead atoms. The molecule has 3 aromatic rings. The van der Waals surface area contributed by atoms with Crippen LogP contribution in [0.4, 0.5) is 0 Å². The molecule has 2 aromatic carbocycles. The Kier molecular flexibility index (Phi) is 7.20. The monoisotopic (exact) mass is 466 g/mol. The maximum Gasteiger partial charge on any atom is 0.161 e. The Hall–Kier alpha value is -2.63. The second-order valence-corrected chi connectivity index (χ2v) is 9.67. The number of hydrogen-bond acceptors (Lipinski definition) is 4. The van der Waals surface area contributed by atoms with Crippen LogP contribution in [0.3, 0.4) is 0 Å². The summed E-state index contributed by atoms with van der Waals surface area (Å²) in [6.45, 7) is 6.63. The van der Waals surface area contributed by atoms with Gasteiger partial charge in [-0.25, -0.2) is 0 Å². The predicted molar refractivity (Wildman–Crippen MR) is 131 cm³/mol. The minimum Gasteiger partial charge on any atom is -0.493 e. The normalized spacial score (nSPS) is 14.2. The van der Waals surface area contributed by atoms with E-state index in [1.807, 2.05) is 47.1 Å². The van der Waals surface area contributed by atoms with E-state index in [-0.39, 0.29) is 12.4 Å². The number of carbonyl (C=O) groups excluding carboxylic acids is 1. The van der Waals surface area contributed by atoms with Gasteiger partial charge < -0.3 is 9.47 Å². The number of Topliss-reactive ketones (excluding diaryl/α,β-unsaturated/α-hetero) is 1. The van der Waals surface area contributed by atoms with Crippen LogP contribution in [-0.4, -0.2) is 27.8 Å². The van der Waals surface area contributed by atoms with E-state index < -0.39 is 5.60 Å². The standard InChI is InChI=1S/C27H31ClN2O3/c1-19(31)27(2,3)33-18-23-15-26(30(29-23)16-22-10-4-5-13-25(22)28)21-11-7-12-24(14-21)32-17-20-8-6-9-20/h4-5,7,10-15,20H,6,8-9,16-18H2,1-3H3. The fraction of sp³-hybridized carbons (Fsp3) is 0.407. The minimum absolute atomic E-state index is 0.0189. The van der Waals surface area contributed by atoms with Gasteiger partial charge in [0.1, 0.15) is 11.4 Å². The lowest BCUT2D eigenvalue weighted by Gasteiger charge is -2.25. The van der Waals surface area contributed by atoms with Gasteiger partial charge in [0.15, 0.2) is 5.78 Å². The van der Waals surface area contributed by atoms with Gasteiger partial charge in [-0.3, -0.25) is 9.48 Å². The van der Waals surface area contributed by atoms with Crippen LogP contribution in [-0.2, 0) is 22.7 Å². The second-order valence-electron chi connectivity index (χ2n) is 9.26. The topological polar surface area (TPSA) is 53.4 Å². The zero-order valence-corrected chi connectivity index (χ0v) is 20.3. The molecule has 1 fully saturated rings. The smallest absolute Gasteiger partial charge is 0.161 e. The molecule has 0 saturated heterocycles. The SMILES string of the molecule is CC(=O)C(C)(C)OCc1cc(-c2cccc(OCC3CCC3)c2)n(Cc2ccccc2Cl)n1. The summed E-state index contributed by atoms with van der Waals surface area (Å²) in [5.74, 6) is 1.52. The van der Waals surface area contributed by atoms with Gasteiger partial charge in [-0.15, -0.1) is 0 Å². The molecule has 0 amide bonds. The summed E-state index contributed by atoms with van der Waals surface area (Å²) in [5.41, 5.74) is 2.84. The van der Waals surface area contributed by atoms with Gasteiger partial charge in [-0.2, -0.15) is 5.10 Å². The largest absolute Gasteiger partial charge is 0.493 e. The fourth-order valence-corrected chi connectivity index (χ4v) is 3.85. The third-order valence-electron chi connectivity index (χ3n) is 6.38. The fourth-order valence-electron chi connectivity index (χ4n) is 3.66. The molecule has 0 spiro atoms. The minimum atomic E-state index is -0.859. The van der Waals surface area contributed by atoms with Gasteiger partial charge in [0.2, 0.25) is 0 Å². The average molecular weight is 467 g/mol. The van der Waals surface area contributed by atoms with Crippen LogP contribution in [0.25, 0.3) is 11.3 Å². The molecule has 0 atom stereocenters. The first-order valence-corrected chi connectivity index (χ1v) is 11.9. The number of benzene rings is 2. The Morgan fingerprint density at radius 3 is 2.64 bits per heavy atom. The summed E-state index contributed by atoms with van der Waals surface area (Å²) in [4.78, 5) is 11.9. The molecular formula is C27H31ClN2O3. The van der Waals surface area contributed by atoms with Crippen molar-refractivity contribution in [3.63, 3.8) is 0 Å². The van der Waals surface area contributed by atoms with Crippen LogP contribution in [0.15, 0.2) is 54.6 Å². The van der Waals surface area contributed by atoms with E-state index >= 15 is 0 Å². The predicted octanol–water partition coefficient (Wildman–Crippen LogP) is 6.31. The van der Waals surface area contributed by atoms with E-state index in [0.717, 1.165) is 34.9 Å². The lowest BCUT2D eigenvalue weighted by Crippen LogP contribution is -2.32. The zero-order valence-electron chi connectivity index (χ0n) is 19.5. The molecule has 6 heteroatoms. The molecule has 4 rings (SSSR count). The molecule has 0 N–H and O–H groups in total. The van der Waals surface area contributed by atoms with E-state index in [9.17, 15) is 4.79 Å². The Morgan fingerprint density at radius 2 is 1.94 bits per heavy atom. The molecule has 5 nitrogen and oxygen atoms in total. The van der Waals surface area contributed by atoms with Gasteiger partial charge in [-0.1, -0.05) is 48.4 Å². The van der Waals surface area contributed by atoms with Crippen LogP contribution in [0.2, 0.25) is 5.02 Å². The van der Waals surface area contributed by atoms with Gasteiger partial charge in [0.25, 0.3) is 0 Å². The van der Waals surface area contributed by atoms with Crippen molar-refractivity contribution in [2.24, 2.45) is 5.92 Å². The number of rotatable bonds is 10. The highest BCUT2D eigenvalue weighted by Gasteiger charge is 2.25. The van der Waals surface area contributed by atoms with E-state index in [1.54, 1.807) is 13.8 Å². The van der Waals surface area contributed by atoms with E-state index in [4.69, 9.17) is 26.2 Å². The first-order valence-electron chi connectivity index (χ1n) is 11.5. The molecule has 1 aromatic heterocycles. The summed E-state index contributed by atoms with van der Waals surface area (Å²) in [6, 6.07) is 17.9. The molecular weight excluding hydrogens is 436 g/mol. The third kappa shape index (κ3) is 5.84. The van der Waals surface area contributed by atoms with Crippen molar-refractivity contribution >= 4 is 17.4 Å². The molecule has 1 aliphatic rings. The first-order chi connectivity index (χ1) is 15.8. The van der Waals surface area contributed by atoms with Crippen LogP contribution >= 0.6 is 11.6 Å². The van der Waals surface area contributed by atoms with Gasteiger partial charge in [-0.05, 0) is 69.4 Å². The Morgan fingerprint density at radius 1 is 1.15 bits per heavy atom. The van der Waals surface area contributed by atoms with Gasteiger partial charge >= 0.3 is 0 Å². The third-order valence-corrected chi connectivity index (χ3v) is 6.75. The molecule has 0 unspecified atom stereocenters. The molecule has 1 heterocycles. The number of halogens is 1. The van der Waals surface area contributed by atoms with Crippen LogP contribution in [0, 0.1) is 5.92 Å². The van der Waals surface area contributed by atoms with Crippen LogP contribution < -0.4 is 4.74 Å². The molecule has 0 aliphatic heterocycles. The van der Waals surface area contributed by atoms with Crippen molar-refractivity contribution < 1.29 is 14.3 Å². The van der Waals surface area contributed by atoms with Crippen LogP contribution in [0.5, 0.6) is 5.75 Å². The number of aromatic nitrogens is 2. The Balaban J connectivity index is 1.61. The molecule has 33 heavy (non-hydrogen) atoms. The first kappa shape index (κ1) is 23.5. The molecule has 1 aliphatic carbocycles.